The highest BCUT2D eigenvalue weighted by Crippen LogP contribution is 2.32. The smallest absolute Gasteiger partial charge is 0.222 e. The van der Waals surface area contributed by atoms with Gasteiger partial charge < -0.3 is 9.80 Å². The number of thioether (sulfide) groups is 1. The molecule has 0 atom stereocenters. The van der Waals surface area contributed by atoms with Crippen molar-refractivity contribution in [2.24, 2.45) is 0 Å². The second-order valence-electron chi connectivity index (χ2n) is 7.70. The van der Waals surface area contributed by atoms with Gasteiger partial charge in [0.05, 0.1) is 10.2 Å². The van der Waals surface area contributed by atoms with Crippen LogP contribution in [0.2, 0.25) is 0 Å². The van der Waals surface area contributed by atoms with Crippen molar-refractivity contribution in [2.45, 2.75) is 31.6 Å². The Balaban J connectivity index is 1.24. The van der Waals surface area contributed by atoms with E-state index in [2.05, 4.69) is 30.9 Å². The van der Waals surface area contributed by atoms with E-state index in [1.165, 1.54) is 28.0 Å². The number of hydrogen-bond acceptors (Lipinski definition) is 5. The van der Waals surface area contributed by atoms with Crippen LogP contribution in [-0.2, 0) is 4.79 Å². The highest BCUT2D eigenvalue weighted by atomic mass is 32.2. The minimum absolute atomic E-state index is 0.218. The number of hydrogen-bond donors (Lipinski definition) is 0. The number of halogens is 1. The fraction of sp³-hybridized carbons (Fsp3) is 0.391. The van der Waals surface area contributed by atoms with Crippen LogP contribution in [0, 0.1) is 19.7 Å². The molecule has 30 heavy (non-hydrogen) atoms. The van der Waals surface area contributed by atoms with Crippen LogP contribution in [0.15, 0.2) is 41.3 Å². The molecule has 7 heteroatoms. The Bertz CT molecular complexity index is 1030. The van der Waals surface area contributed by atoms with Gasteiger partial charge in [-0.15, -0.1) is 11.8 Å². The number of fused-ring (bicyclic) bond motifs is 1. The minimum atomic E-state index is -0.218. The molecule has 4 nitrogen and oxygen atoms in total. The van der Waals surface area contributed by atoms with Crippen LogP contribution in [0.1, 0.15) is 24.0 Å². The van der Waals surface area contributed by atoms with Gasteiger partial charge in [0, 0.05) is 37.5 Å². The standard InChI is InChI=1S/C23H26FN3OS2/c1-16-14-17(2)22-20(15-16)25-23(30-22)27-11-9-26(10-12-27)21(28)4-3-13-29-19-7-5-18(24)6-8-19/h5-8,14-15H,3-4,9-13H2,1-2H3. The Labute approximate surface area is 185 Å². The van der Waals surface area contributed by atoms with E-state index in [-0.39, 0.29) is 11.7 Å². The molecule has 4 rings (SSSR count). The number of rotatable bonds is 6. The van der Waals surface area contributed by atoms with Gasteiger partial charge in [0.1, 0.15) is 5.82 Å². The predicted molar refractivity (Wildman–Crippen MR) is 124 cm³/mol. The summed E-state index contributed by atoms with van der Waals surface area (Å²) in [7, 11) is 0. The number of amides is 1. The van der Waals surface area contributed by atoms with Crippen LogP contribution >= 0.6 is 23.1 Å². The number of piperazine rings is 1. The average molecular weight is 444 g/mol. The average Bonchev–Trinajstić information content (AvgIpc) is 3.17. The van der Waals surface area contributed by atoms with E-state index in [9.17, 15) is 9.18 Å². The molecule has 1 aliphatic rings. The van der Waals surface area contributed by atoms with Gasteiger partial charge in [0.25, 0.3) is 0 Å². The quantitative estimate of drug-likeness (QED) is 0.384. The minimum Gasteiger partial charge on any atom is -0.345 e. The third kappa shape index (κ3) is 4.95. The van der Waals surface area contributed by atoms with Crippen molar-refractivity contribution < 1.29 is 9.18 Å². The lowest BCUT2D eigenvalue weighted by Crippen LogP contribution is -2.48. The van der Waals surface area contributed by atoms with Gasteiger partial charge in [-0.3, -0.25) is 4.79 Å². The van der Waals surface area contributed by atoms with Crippen molar-refractivity contribution in [1.82, 2.24) is 9.88 Å². The summed E-state index contributed by atoms with van der Waals surface area (Å²) in [6.45, 7) is 7.40. The topological polar surface area (TPSA) is 36.4 Å². The third-order valence-electron chi connectivity index (χ3n) is 5.33. The van der Waals surface area contributed by atoms with Gasteiger partial charge >= 0.3 is 0 Å². The normalized spacial score (nSPS) is 14.5. The van der Waals surface area contributed by atoms with Crippen LogP contribution in [0.25, 0.3) is 10.2 Å². The Kier molecular flexibility index (Phi) is 6.58. The maximum Gasteiger partial charge on any atom is 0.222 e. The van der Waals surface area contributed by atoms with E-state index < -0.39 is 0 Å². The number of carbonyl (C=O) groups is 1. The fourth-order valence-electron chi connectivity index (χ4n) is 3.75. The van der Waals surface area contributed by atoms with Crippen LogP contribution in [-0.4, -0.2) is 47.7 Å². The summed E-state index contributed by atoms with van der Waals surface area (Å²) in [4.78, 5) is 22.7. The van der Waals surface area contributed by atoms with E-state index >= 15 is 0 Å². The maximum absolute atomic E-state index is 12.9. The van der Waals surface area contributed by atoms with E-state index in [4.69, 9.17) is 4.98 Å². The maximum atomic E-state index is 12.9. The summed E-state index contributed by atoms with van der Waals surface area (Å²) < 4.78 is 14.2. The van der Waals surface area contributed by atoms with Crippen LogP contribution in [0.3, 0.4) is 0 Å². The van der Waals surface area contributed by atoms with Crippen molar-refractivity contribution in [1.29, 1.82) is 0 Å². The number of thiazole rings is 1. The first kappa shape index (κ1) is 21.1. The lowest BCUT2D eigenvalue weighted by molar-refractivity contribution is -0.131. The van der Waals surface area contributed by atoms with Gasteiger partial charge in [0.2, 0.25) is 5.91 Å². The second kappa shape index (κ2) is 9.35. The van der Waals surface area contributed by atoms with Gasteiger partial charge in [-0.05, 0) is 67.5 Å². The highest BCUT2D eigenvalue weighted by molar-refractivity contribution is 7.99. The SMILES string of the molecule is Cc1cc(C)c2sc(N3CCN(C(=O)CCCSc4ccc(F)cc4)CC3)nc2c1. The Morgan fingerprint density at radius 1 is 1.13 bits per heavy atom. The zero-order valence-corrected chi connectivity index (χ0v) is 19.0. The molecule has 1 fully saturated rings. The molecule has 0 unspecified atom stereocenters. The van der Waals surface area contributed by atoms with Gasteiger partial charge in [-0.2, -0.15) is 0 Å². The molecule has 158 valence electrons. The molecular formula is C23H26FN3OS2. The van der Waals surface area contributed by atoms with Crippen molar-refractivity contribution in [3.63, 3.8) is 0 Å². The molecule has 2 heterocycles. The molecule has 1 aliphatic heterocycles. The molecule has 1 aromatic heterocycles. The van der Waals surface area contributed by atoms with Gasteiger partial charge in [-0.25, -0.2) is 9.37 Å². The summed E-state index contributed by atoms with van der Waals surface area (Å²) in [5, 5.41) is 1.06. The lowest BCUT2D eigenvalue weighted by Gasteiger charge is -2.34. The summed E-state index contributed by atoms with van der Waals surface area (Å²) in [5.41, 5.74) is 3.59. The zero-order valence-electron chi connectivity index (χ0n) is 17.4. The summed E-state index contributed by atoms with van der Waals surface area (Å²) >= 11 is 3.42. The molecular weight excluding hydrogens is 417 g/mol. The number of nitrogens with zero attached hydrogens (tertiary/aromatic N) is 3. The van der Waals surface area contributed by atoms with E-state index in [0.29, 0.717) is 6.42 Å². The molecule has 0 spiro atoms. The van der Waals surface area contributed by atoms with Crippen molar-refractivity contribution in [3.05, 3.63) is 53.3 Å². The molecule has 3 aromatic rings. The highest BCUT2D eigenvalue weighted by Gasteiger charge is 2.23. The molecule has 0 radical (unpaired) electrons. The second-order valence-corrected chi connectivity index (χ2v) is 9.85. The first-order valence-electron chi connectivity index (χ1n) is 10.3. The monoisotopic (exact) mass is 443 g/mol. The predicted octanol–water partition coefficient (Wildman–Crippen LogP) is 5.27. The third-order valence-corrected chi connectivity index (χ3v) is 7.69. The fourth-order valence-corrected chi connectivity index (χ4v) is 5.67. The van der Waals surface area contributed by atoms with Crippen LogP contribution < -0.4 is 4.90 Å². The van der Waals surface area contributed by atoms with Crippen molar-refractivity contribution >= 4 is 44.4 Å². The molecule has 0 aliphatic carbocycles. The molecule has 0 bridgehead atoms. The molecule has 2 aromatic carbocycles. The Hall–Kier alpha value is -2.12. The van der Waals surface area contributed by atoms with E-state index in [0.717, 1.165) is 53.9 Å². The molecule has 0 saturated carbocycles. The summed E-state index contributed by atoms with van der Waals surface area (Å²) in [6, 6.07) is 10.9. The zero-order chi connectivity index (χ0) is 21.1. The number of anilines is 1. The van der Waals surface area contributed by atoms with Gasteiger partial charge in [-0.1, -0.05) is 17.4 Å². The van der Waals surface area contributed by atoms with Crippen LogP contribution in [0.4, 0.5) is 9.52 Å². The molecule has 0 N–H and O–H groups in total. The summed E-state index contributed by atoms with van der Waals surface area (Å²) in [5.74, 6) is 0.872. The number of carbonyl (C=O) groups excluding carboxylic acids is 1. The number of benzene rings is 2. The van der Waals surface area contributed by atoms with E-state index in [1.54, 1.807) is 35.2 Å². The first-order chi connectivity index (χ1) is 14.5. The molecule has 1 saturated heterocycles. The van der Waals surface area contributed by atoms with Gasteiger partial charge in [0.15, 0.2) is 5.13 Å². The Morgan fingerprint density at radius 2 is 1.87 bits per heavy atom. The van der Waals surface area contributed by atoms with Crippen LogP contribution in [0.5, 0.6) is 0 Å². The Morgan fingerprint density at radius 3 is 2.60 bits per heavy atom. The first-order valence-corrected chi connectivity index (χ1v) is 12.1. The van der Waals surface area contributed by atoms with Crippen molar-refractivity contribution in [3.8, 4) is 0 Å². The molecule has 1 amide bonds. The lowest BCUT2D eigenvalue weighted by atomic mass is 10.1. The van der Waals surface area contributed by atoms with Crippen molar-refractivity contribution in [2.75, 3.05) is 36.8 Å². The number of aryl methyl sites for hydroxylation is 2. The number of aromatic nitrogens is 1. The van der Waals surface area contributed by atoms with E-state index in [1.807, 2.05) is 4.90 Å². The summed E-state index contributed by atoms with van der Waals surface area (Å²) in [6.07, 6.45) is 1.39. The largest absolute Gasteiger partial charge is 0.345 e.